The molecule has 5 N–H and O–H groups in total. The monoisotopic (exact) mass is 146 g/mol. The van der Waals surface area contributed by atoms with Crippen molar-refractivity contribution >= 4 is 0 Å². The van der Waals surface area contributed by atoms with E-state index in [1.54, 1.807) is 13.8 Å². The van der Waals surface area contributed by atoms with Crippen molar-refractivity contribution in [3.8, 4) is 0 Å². The van der Waals surface area contributed by atoms with Crippen LogP contribution in [-0.2, 0) is 0 Å². The highest BCUT2D eigenvalue weighted by atomic mass is 16.3. The molecule has 0 spiro atoms. The van der Waals surface area contributed by atoms with Gasteiger partial charge in [-0.05, 0) is 20.3 Å². The SMILES string of the molecule is CCC(N)C(O)C(C)(C)N. The molecule has 0 aromatic rings. The van der Waals surface area contributed by atoms with Crippen molar-refractivity contribution in [2.75, 3.05) is 0 Å². The molecule has 3 nitrogen and oxygen atoms in total. The zero-order chi connectivity index (χ0) is 8.36. The van der Waals surface area contributed by atoms with E-state index in [4.69, 9.17) is 11.5 Å². The van der Waals surface area contributed by atoms with Crippen molar-refractivity contribution in [3.63, 3.8) is 0 Å². The topological polar surface area (TPSA) is 72.3 Å². The summed E-state index contributed by atoms with van der Waals surface area (Å²) in [5.74, 6) is 0. The molecule has 0 saturated heterocycles. The Morgan fingerprint density at radius 2 is 1.90 bits per heavy atom. The van der Waals surface area contributed by atoms with E-state index in [9.17, 15) is 5.11 Å². The number of rotatable bonds is 3. The summed E-state index contributed by atoms with van der Waals surface area (Å²) in [4.78, 5) is 0. The van der Waals surface area contributed by atoms with Gasteiger partial charge in [0.15, 0.2) is 0 Å². The molecule has 0 aromatic carbocycles. The van der Waals surface area contributed by atoms with Gasteiger partial charge in [-0.1, -0.05) is 6.92 Å². The van der Waals surface area contributed by atoms with E-state index >= 15 is 0 Å². The second-order valence-electron chi connectivity index (χ2n) is 3.34. The van der Waals surface area contributed by atoms with Gasteiger partial charge in [0.2, 0.25) is 0 Å². The average molecular weight is 146 g/mol. The van der Waals surface area contributed by atoms with Gasteiger partial charge in [-0.2, -0.15) is 0 Å². The fourth-order valence-electron chi connectivity index (χ4n) is 0.775. The highest BCUT2D eigenvalue weighted by Crippen LogP contribution is 2.09. The molecular weight excluding hydrogens is 128 g/mol. The highest BCUT2D eigenvalue weighted by Gasteiger charge is 2.27. The average Bonchev–Trinajstić information content (AvgIpc) is 1.83. The van der Waals surface area contributed by atoms with Crippen LogP contribution in [0.1, 0.15) is 27.2 Å². The minimum absolute atomic E-state index is 0.208. The summed E-state index contributed by atoms with van der Waals surface area (Å²) in [6.07, 6.45) is 0.138. The Kier molecular flexibility index (Phi) is 3.28. The lowest BCUT2D eigenvalue weighted by atomic mass is 9.92. The molecule has 0 fully saturated rings. The Bertz CT molecular complexity index is 98.3. The summed E-state index contributed by atoms with van der Waals surface area (Å²) < 4.78 is 0. The normalized spacial score (nSPS) is 18.6. The molecule has 0 heterocycles. The maximum absolute atomic E-state index is 9.40. The van der Waals surface area contributed by atoms with Crippen LogP contribution in [0.25, 0.3) is 0 Å². The summed E-state index contributed by atoms with van der Waals surface area (Å²) in [7, 11) is 0. The van der Waals surface area contributed by atoms with E-state index in [2.05, 4.69) is 0 Å². The molecule has 0 radical (unpaired) electrons. The largest absolute Gasteiger partial charge is 0.390 e. The molecule has 2 atom stereocenters. The molecule has 0 rings (SSSR count). The van der Waals surface area contributed by atoms with Crippen LogP contribution in [0, 0.1) is 0 Å². The Hall–Kier alpha value is -0.120. The smallest absolute Gasteiger partial charge is 0.0864 e. The summed E-state index contributed by atoms with van der Waals surface area (Å²) in [5.41, 5.74) is 10.6. The summed E-state index contributed by atoms with van der Waals surface area (Å²) in [6.45, 7) is 5.47. The van der Waals surface area contributed by atoms with Crippen LogP contribution in [-0.4, -0.2) is 22.8 Å². The molecule has 0 saturated carbocycles. The van der Waals surface area contributed by atoms with Gasteiger partial charge in [0, 0.05) is 11.6 Å². The Morgan fingerprint density at radius 1 is 1.50 bits per heavy atom. The van der Waals surface area contributed by atoms with Crippen LogP contribution in [0.2, 0.25) is 0 Å². The molecule has 62 valence electrons. The molecule has 0 aliphatic heterocycles. The number of hydrogen-bond acceptors (Lipinski definition) is 3. The molecule has 10 heavy (non-hydrogen) atoms. The van der Waals surface area contributed by atoms with Gasteiger partial charge in [0.1, 0.15) is 0 Å². The van der Waals surface area contributed by atoms with Gasteiger partial charge in [-0.25, -0.2) is 0 Å². The van der Waals surface area contributed by atoms with Crippen LogP contribution in [0.3, 0.4) is 0 Å². The molecule has 0 aromatic heterocycles. The van der Waals surface area contributed by atoms with Crippen LogP contribution in [0.4, 0.5) is 0 Å². The van der Waals surface area contributed by atoms with Crippen molar-refractivity contribution in [1.82, 2.24) is 0 Å². The molecule has 0 aliphatic rings. The van der Waals surface area contributed by atoms with Gasteiger partial charge < -0.3 is 16.6 Å². The number of hydrogen-bond donors (Lipinski definition) is 3. The number of aliphatic hydroxyl groups is 1. The van der Waals surface area contributed by atoms with Gasteiger partial charge in [0.25, 0.3) is 0 Å². The second-order valence-corrected chi connectivity index (χ2v) is 3.34. The minimum Gasteiger partial charge on any atom is -0.390 e. The van der Waals surface area contributed by atoms with E-state index in [1.165, 1.54) is 0 Å². The third kappa shape index (κ3) is 2.64. The first kappa shape index (κ1) is 9.88. The molecule has 3 heteroatoms. The van der Waals surface area contributed by atoms with E-state index in [-0.39, 0.29) is 6.04 Å². The van der Waals surface area contributed by atoms with Gasteiger partial charge >= 0.3 is 0 Å². The summed E-state index contributed by atoms with van der Waals surface area (Å²) >= 11 is 0. The summed E-state index contributed by atoms with van der Waals surface area (Å²) in [6, 6.07) is -0.208. The highest BCUT2D eigenvalue weighted by molar-refractivity contribution is 4.88. The lowest BCUT2D eigenvalue weighted by Crippen LogP contribution is -2.54. The zero-order valence-electron chi connectivity index (χ0n) is 6.96. The van der Waals surface area contributed by atoms with Crippen LogP contribution in [0.15, 0.2) is 0 Å². The third-order valence-electron chi connectivity index (χ3n) is 1.64. The van der Waals surface area contributed by atoms with Crippen molar-refractivity contribution < 1.29 is 5.11 Å². The zero-order valence-corrected chi connectivity index (χ0v) is 6.96. The van der Waals surface area contributed by atoms with Crippen LogP contribution in [0.5, 0.6) is 0 Å². The third-order valence-corrected chi connectivity index (χ3v) is 1.64. The second kappa shape index (κ2) is 3.32. The van der Waals surface area contributed by atoms with E-state index in [1.807, 2.05) is 6.92 Å². The molecular formula is C7H18N2O. The Morgan fingerprint density at radius 3 is 2.00 bits per heavy atom. The van der Waals surface area contributed by atoms with Crippen molar-refractivity contribution in [2.24, 2.45) is 11.5 Å². The number of nitrogens with two attached hydrogens (primary N) is 2. The first-order valence-electron chi connectivity index (χ1n) is 3.62. The van der Waals surface area contributed by atoms with Crippen molar-refractivity contribution in [3.05, 3.63) is 0 Å². The molecule has 2 unspecified atom stereocenters. The van der Waals surface area contributed by atoms with Crippen molar-refractivity contribution in [1.29, 1.82) is 0 Å². The minimum atomic E-state index is -0.613. The molecule has 0 bridgehead atoms. The van der Waals surface area contributed by atoms with E-state index < -0.39 is 11.6 Å². The van der Waals surface area contributed by atoms with Crippen molar-refractivity contribution in [2.45, 2.75) is 44.9 Å². The standard InChI is InChI=1S/C7H18N2O/c1-4-5(8)6(10)7(2,3)9/h5-6,10H,4,8-9H2,1-3H3. The maximum atomic E-state index is 9.40. The quantitative estimate of drug-likeness (QED) is 0.517. The lowest BCUT2D eigenvalue weighted by molar-refractivity contribution is 0.0773. The lowest BCUT2D eigenvalue weighted by Gasteiger charge is -2.29. The Labute approximate surface area is 62.4 Å². The maximum Gasteiger partial charge on any atom is 0.0864 e. The molecule has 0 amide bonds. The first-order chi connectivity index (χ1) is 4.39. The predicted octanol–water partition coefficient (Wildman–Crippen LogP) is -0.178. The van der Waals surface area contributed by atoms with E-state index in [0.717, 1.165) is 6.42 Å². The van der Waals surface area contributed by atoms with Gasteiger partial charge in [-0.3, -0.25) is 0 Å². The summed E-state index contributed by atoms with van der Waals surface area (Å²) in [5, 5.41) is 9.40. The molecule has 0 aliphatic carbocycles. The first-order valence-corrected chi connectivity index (χ1v) is 3.62. The predicted molar refractivity (Wildman–Crippen MR) is 42.5 cm³/mol. The van der Waals surface area contributed by atoms with Gasteiger partial charge in [0.05, 0.1) is 6.10 Å². The van der Waals surface area contributed by atoms with Gasteiger partial charge in [-0.15, -0.1) is 0 Å². The fraction of sp³-hybridized carbons (Fsp3) is 1.00. The van der Waals surface area contributed by atoms with Crippen LogP contribution >= 0.6 is 0 Å². The number of aliphatic hydroxyl groups excluding tert-OH is 1. The Balaban J connectivity index is 3.94. The fourth-order valence-corrected chi connectivity index (χ4v) is 0.775. The van der Waals surface area contributed by atoms with E-state index in [0.29, 0.717) is 0 Å². The van der Waals surface area contributed by atoms with Crippen LogP contribution < -0.4 is 11.5 Å².